The Bertz CT molecular complexity index is 120. The molecule has 0 bridgehead atoms. The summed E-state index contributed by atoms with van der Waals surface area (Å²) in [5, 5.41) is 0. The molecule has 0 spiro atoms. The highest BCUT2D eigenvalue weighted by atomic mass is 35.7. The van der Waals surface area contributed by atoms with Crippen LogP contribution < -0.4 is 0 Å². The molecule has 0 aliphatic carbocycles. The minimum absolute atomic E-state index is 0.701. The molecule has 0 aromatic carbocycles. The highest BCUT2D eigenvalue weighted by Crippen LogP contribution is 2.25. The highest BCUT2D eigenvalue weighted by molar-refractivity contribution is 7.42. The highest BCUT2D eigenvalue weighted by Gasteiger charge is 2.29. The normalized spacial score (nSPS) is 12.0. The van der Waals surface area contributed by atoms with E-state index in [-0.39, 0.29) is 0 Å². The summed E-state index contributed by atoms with van der Waals surface area (Å²) >= 11 is 12.2. The molecule has 0 aliphatic heterocycles. The van der Waals surface area contributed by atoms with Gasteiger partial charge in [-0.15, -0.1) is 22.2 Å². The molecule has 0 saturated heterocycles. The molecule has 0 aliphatic rings. The third-order valence-electron chi connectivity index (χ3n) is 1.84. The summed E-state index contributed by atoms with van der Waals surface area (Å²) in [5.74, 6) is 0. The van der Waals surface area contributed by atoms with Crippen LogP contribution in [0, 0.1) is 0 Å². The first-order valence-electron chi connectivity index (χ1n) is 5.14. The summed E-state index contributed by atoms with van der Waals surface area (Å²) in [6.07, 6.45) is 5.83. The van der Waals surface area contributed by atoms with Gasteiger partial charge in [0, 0.05) is 6.61 Å². The Hall–Kier alpha value is 0.757. The van der Waals surface area contributed by atoms with Crippen LogP contribution in [-0.2, 0) is 4.43 Å². The predicted molar refractivity (Wildman–Crippen MR) is 62.7 cm³/mol. The lowest BCUT2D eigenvalue weighted by molar-refractivity contribution is 0.323. The third-order valence-corrected chi connectivity index (χ3v) is 5.19. The smallest absolute Gasteiger partial charge is 0.389 e. The van der Waals surface area contributed by atoms with E-state index in [1.54, 1.807) is 0 Å². The maximum Gasteiger partial charge on any atom is 0.389 e. The Morgan fingerprint density at radius 2 is 1.69 bits per heavy atom. The van der Waals surface area contributed by atoms with Gasteiger partial charge in [0.2, 0.25) is 0 Å². The first kappa shape index (κ1) is 13.8. The minimum Gasteiger partial charge on any atom is -0.392 e. The van der Waals surface area contributed by atoms with Gasteiger partial charge in [0.15, 0.2) is 0 Å². The van der Waals surface area contributed by atoms with Gasteiger partial charge in [0.25, 0.3) is 0 Å². The molecule has 0 atom stereocenters. The summed E-state index contributed by atoms with van der Waals surface area (Å²) in [4.78, 5) is 0. The molecular formula is C9H20Cl2OSi. The zero-order chi connectivity index (χ0) is 10.2. The Morgan fingerprint density at radius 1 is 1.00 bits per heavy atom. The van der Waals surface area contributed by atoms with Crippen molar-refractivity contribution in [3.05, 3.63) is 0 Å². The molecule has 0 radical (unpaired) electrons. The van der Waals surface area contributed by atoms with Crippen molar-refractivity contribution in [3.8, 4) is 0 Å². The van der Waals surface area contributed by atoms with Crippen LogP contribution in [0.4, 0.5) is 0 Å². The molecular weight excluding hydrogens is 223 g/mol. The molecule has 0 aromatic heterocycles. The van der Waals surface area contributed by atoms with E-state index in [1.807, 2.05) is 0 Å². The van der Waals surface area contributed by atoms with Gasteiger partial charge in [-0.05, 0) is 12.5 Å². The summed E-state index contributed by atoms with van der Waals surface area (Å²) in [7, 11) is 0. The Balaban J connectivity index is 3.39. The van der Waals surface area contributed by atoms with Crippen molar-refractivity contribution in [3.63, 3.8) is 0 Å². The van der Waals surface area contributed by atoms with Gasteiger partial charge < -0.3 is 4.43 Å². The van der Waals surface area contributed by atoms with Crippen molar-refractivity contribution in [1.82, 2.24) is 0 Å². The van der Waals surface area contributed by atoms with Crippen molar-refractivity contribution >= 4 is 29.1 Å². The zero-order valence-electron chi connectivity index (χ0n) is 8.61. The number of hydrogen-bond donors (Lipinski definition) is 0. The molecule has 0 amide bonds. The first-order valence-corrected chi connectivity index (χ1v) is 9.28. The van der Waals surface area contributed by atoms with Crippen molar-refractivity contribution < 1.29 is 4.43 Å². The van der Waals surface area contributed by atoms with Crippen LogP contribution in [0.15, 0.2) is 0 Å². The maximum atomic E-state index is 6.08. The van der Waals surface area contributed by atoms with Gasteiger partial charge in [0.05, 0.1) is 0 Å². The number of rotatable bonds is 8. The lowest BCUT2D eigenvalue weighted by Gasteiger charge is -2.16. The van der Waals surface area contributed by atoms with Crippen LogP contribution in [0.3, 0.4) is 0 Å². The topological polar surface area (TPSA) is 9.23 Å². The van der Waals surface area contributed by atoms with Gasteiger partial charge in [-0.25, -0.2) is 0 Å². The van der Waals surface area contributed by atoms with Crippen molar-refractivity contribution in [2.24, 2.45) is 0 Å². The lowest BCUT2D eigenvalue weighted by Crippen LogP contribution is -2.24. The largest absolute Gasteiger partial charge is 0.392 e. The van der Waals surface area contributed by atoms with Crippen LogP contribution in [0.2, 0.25) is 6.04 Å². The van der Waals surface area contributed by atoms with Gasteiger partial charge in [0.1, 0.15) is 0 Å². The molecule has 4 heteroatoms. The summed E-state index contributed by atoms with van der Waals surface area (Å²) in [6.45, 7) is 2.63. The molecule has 0 fully saturated rings. The summed E-state index contributed by atoms with van der Waals surface area (Å²) in [5.41, 5.74) is 0. The predicted octanol–water partition coefficient (Wildman–Crippen LogP) is 4.41. The number of hydrogen-bond acceptors (Lipinski definition) is 1. The second-order valence-corrected chi connectivity index (χ2v) is 9.60. The molecule has 0 saturated carbocycles. The fraction of sp³-hybridized carbons (Fsp3) is 1.00. The fourth-order valence-electron chi connectivity index (χ4n) is 1.08. The summed E-state index contributed by atoms with van der Waals surface area (Å²) < 4.78 is 5.43. The minimum atomic E-state index is -2.33. The van der Waals surface area contributed by atoms with Crippen LogP contribution in [0.25, 0.3) is 0 Å². The van der Waals surface area contributed by atoms with E-state index in [2.05, 4.69) is 13.8 Å². The lowest BCUT2D eigenvalue weighted by atomic mass is 10.2. The van der Waals surface area contributed by atoms with Gasteiger partial charge in [-0.2, -0.15) is 0 Å². The molecule has 0 unspecified atom stereocenters. The van der Waals surface area contributed by atoms with E-state index in [1.165, 1.54) is 19.3 Å². The van der Waals surface area contributed by atoms with Crippen molar-refractivity contribution in [2.75, 3.05) is 6.61 Å². The van der Waals surface area contributed by atoms with E-state index >= 15 is 0 Å². The van der Waals surface area contributed by atoms with Crippen molar-refractivity contribution in [1.29, 1.82) is 0 Å². The van der Waals surface area contributed by atoms with Crippen molar-refractivity contribution in [2.45, 2.75) is 52.0 Å². The zero-order valence-corrected chi connectivity index (χ0v) is 11.1. The van der Waals surface area contributed by atoms with Gasteiger partial charge in [-0.1, -0.05) is 39.5 Å². The first-order chi connectivity index (χ1) is 6.12. The molecule has 1 nitrogen and oxygen atoms in total. The molecule has 0 heterocycles. The standard InChI is InChI=1S/C9H20Cl2OSi/c1-3-5-6-7-9-13(10,11)12-8-4-2/h3-9H2,1-2H3. The Labute approximate surface area is 92.3 Å². The van der Waals surface area contributed by atoms with E-state index < -0.39 is 6.94 Å². The van der Waals surface area contributed by atoms with E-state index in [0.29, 0.717) is 6.61 Å². The van der Waals surface area contributed by atoms with Crippen LogP contribution in [0.1, 0.15) is 46.0 Å². The SMILES string of the molecule is CCCCCC[Si](Cl)(Cl)OCCC. The van der Waals surface area contributed by atoms with Gasteiger partial charge in [-0.3, -0.25) is 0 Å². The Morgan fingerprint density at radius 3 is 2.23 bits per heavy atom. The van der Waals surface area contributed by atoms with Gasteiger partial charge >= 0.3 is 6.94 Å². The Kier molecular flexibility index (Phi) is 8.57. The second kappa shape index (κ2) is 8.10. The monoisotopic (exact) mass is 242 g/mol. The molecule has 0 aromatic rings. The molecule has 0 N–H and O–H groups in total. The quantitative estimate of drug-likeness (QED) is 0.348. The second-order valence-electron chi connectivity index (χ2n) is 3.30. The maximum absolute atomic E-state index is 6.08. The van der Waals surface area contributed by atoms with Crippen LogP contribution >= 0.6 is 22.2 Å². The average Bonchev–Trinajstić information content (AvgIpc) is 2.09. The van der Waals surface area contributed by atoms with Crippen LogP contribution in [0.5, 0.6) is 0 Å². The summed E-state index contributed by atoms with van der Waals surface area (Å²) in [6, 6.07) is 0.871. The molecule has 0 rings (SSSR count). The van der Waals surface area contributed by atoms with E-state index in [4.69, 9.17) is 26.6 Å². The fourth-order valence-corrected chi connectivity index (χ4v) is 3.65. The van der Waals surface area contributed by atoms with E-state index in [9.17, 15) is 0 Å². The number of unbranched alkanes of at least 4 members (excludes halogenated alkanes) is 3. The third kappa shape index (κ3) is 9.07. The molecule has 80 valence electrons. The molecule has 13 heavy (non-hydrogen) atoms. The van der Waals surface area contributed by atoms with E-state index in [0.717, 1.165) is 18.9 Å². The number of halogens is 2. The van der Waals surface area contributed by atoms with Crippen LogP contribution in [-0.4, -0.2) is 13.5 Å². The average molecular weight is 243 g/mol.